The van der Waals surface area contributed by atoms with Gasteiger partial charge in [-0.15, -0.1) is 28.1 Å². The van der Waals surface area contributed by atoms with Crippen LogP contribution in [0.2, 0.25) is 0 Å². The number of hydrogen-bond acceptors (Lipinski definition) is 9. The molecule has 2 aromatic heterocycles. The lowest BCUT2D eigenvalue weighted by Crippen LogP contribution is -2.15. The van der Waals surface area contributed by atoms with Crippen LogP contribution in [-0.2, 0) is 33.9 Å². The van der Waals surface area contributed by atoms with E-state index >= 15 is 0 Å². The summed E-state index contributed by atoms with van der Waals surface area (Å²) in [4.78, 5) is 28.2. The van der Waals surface area contributed by atoms with Crippen LogP contribution in [0, 0.1) is 13.8 Å². The standard InChI is InChI=1S/C23H27N5O4S2/c1-5-9-28-19(12-32-18-8-7-15(3)10-16(18)4)26-27-23(28)34-14-20(29)25-22-24-17(13-33-22)11-21(30)31-6-2/h5,7-8,10,13H,1,6,9,11-12,14H2,2-4H3,(H,24,25,29). The van der Waals surface area contributed by atoms with Crippen molar-refractivity contribution in [1.29, 1.82) is 0 Å². The molecule has 3 rings (SSSR count). The fourth-order valence-corrected chi connectivity index (χ4v) is 4.53. The quantitative estimate of drug-likeness (QED) is 0.226. The third-order valence-corrected chi connectivity index (χ3v) is 6.33. The molecule has 34 heavy (non-hydrogen) atoms. The summed E-state index contributed by atoms with van der Waals surface area (Å²) < 4.78 is 12.7. The van der Waals surface area contributed by atoms with Crippen LogP contribution in [0.25, 0.3) is 0 Å². The average Bonchev–Trinajstić information content (AvgIpc) is 3.38. The Labute approximate surface area is 206 Å². The molecule has 0 bridgehead atoms. The van der Waals surface area contributed by atoms with Crippen LogP contribution in [0.1, 0.15) is 29.6 Å². The third kappa shape index (κ3) is 7.16. The molecule has 1 aromatic carbocycles. The first-order valence-corrected chi connectivity index (χ1v) is 12.5. The summed E-state index contributed by atoms with van der Waals surface area (Å²) in [6.45, 7) is 10.6. The summed E-state index contributed by atoms with van der Waals surface area (Å²) in [6, 6.07) is 6.00. The topological polar surface area (TPSA) is 108 Å². The second-order valence-corrected chi connectivity index (χ2v) is 9.12. The van der Waals surface area contributed by atoms with Crippen molar-refractivity contribution in [3.8, 4) is 5.75 Å². The minimum atomic E-state index is -0.347. The van der Waals surface area contributed by atoms with Gasteiger partial charge >= 0.3 is 5.97 Å². The first-order valence-electron chi connectivity index (χ1n) is 10.6. The van der Waals surface area contributed by atoms with Crippen LogP contribution < -0.4 is 10.1 Å². The van der Waals surface area contributed by atoms with E-state index in [1.165, 1.54) is 28.7 Å². The Morgan fingerprint density at radius 2 is 2.12 bits per heavy atom. The van der Waals surface area contributed by atoms with Gasteiger partial charge in [-0.25, -0.2) is 4.98 Å². The van der Waals surface area contributed by atoms with E-state index in [1.54, 1.807) is 18.4 Å². The highest BCUT2D eigenvalue weighted by molar-refractivity contribution is 7.99. The van der Waals surface area contributed by atoms with E-state index in [9.17, 15) is 9.59 Å². The molecule has 0 fully saturated rings. The Balaban J connectivity index is 1.56. The van der Waals surface area contributed by atoms with Gasteiger partial charge in [0.25, 0.3) is 0 Å². The number of amides is 1. The first kappa shape index (κ1) is 25.4. The number of aromatic nitrogens is 4. The van der Waals surface area contributed by atoms with Gasteiger partial charge in [-0.3, -0.25) is 14.2 Å². The van der Waals surface area contributed by atoms with Gasteiger partial charge in [0, 0.05) is 11.9 Å². The van der Waals surface area contributed by atoms with Crippen molar-refractivity contribution in [2.45, 2.75) is 45.5 Å². The van der Waals surface area contributed by atoms with Crippen molar-refractivity contribution in [3.63, 3.8) is 0 Å². The zero-order valence-corrected chi connectivity index (χ0v) is 21.0. The van der Waals surface area contributed by atoms with Crippen LogP contribution in [0.5, 0.6) is 5.75 Å². The number of esters is 1. The fourth-order valence-electron chi connectivity index (χ4n) is 3.04. The van der Waals surface area contributed by atoms with E-state index in [4.69, 9.17) is 9.47 Å². The van der Waals surface area contributed by atoms with Crippen LogP contribution in [0.15, 0.2) is 41.4 Å². The smallest absolute Gasteiger partial charge is 0.311 e. The molecule has 0 aliphatic rings. The van der Waals surface area contributed by atoms with Crippen molar-refractivity contribution in [3.05, 3.63) is 58.9 Å². The molecule has 0 saturated heterocycles. The molecule has 0 saturated carbocycles. The molecule has 11 heteroatoms. The molecule has 3 aromatic rings. The van der Waals surface area contributed by atoms with E-state index in [-0.39, 0.29) is 30.7 Å². The highest BCUT2D eigenvalue weighted by Gasteiger charge is 2.16. The van der Waals surface area contributed by atoms with E-state index in [0.29, 0.717) is 35.0 Å². The highest BCUT2D eigenvalue weighted by Crippen LogP contribution is 2.22. The summed E-state index contributed by atoms with van der Waals surface area (Å²) >= 11 is 2.52. The fraction of sp³-hybridized carbons (Fsp3) is 0.348. The minimum Gasteiger partial charge on any atom is -0.485 e. The molecule has 0 aliphatic carbocycles. The number of carbonyl (C=O) groups is 2. The zero-order chi connectivity index (χ0) is 24.5. The van der Waals surface area contributed by atoms with Crippen molar-refractivity contribution < 1.29 is 19.1 Å². The highest BCUT2D eigenvalue weighted by atomic mass is 32.2. The largest absolute Gasteiger partial charge is 0.485 e. The maximum absolute atomic E-state index is 12.4. The van der Waals surface area contributed by atoms with Gasteiger partial charge in [-0.05, 0) is 32.4 Å². The van der Waals surface area contributed by atoms with Gasteiger partial charge < -0.3 is 14.8 Å². The van der Waals surface area contributed by atoms with Gasteiger partial charge in [0.05, 0.1) is 24.5 Å². The van der Waals surface area contributed by atoms with Crippen LogP contribution in [0.3, 0.4) is 0 Å². The van der Waals surface area contributed by atoms with Crippen LogP contribution in [0.4, 0.5) is 5.13 Å². The number of allylic oxidation sites excluding steroid dienone is 1. The number of anilines is 1. The molecule has 0 radical (unpaired) electrons. The van der Waals surface area contributed by atoms with E-state index in [0.717, 1.165) is 11.3 Å². The number of nitrogens with zero attached hydrogens (tertiary/aromatic N) is 4. The molecule has 2 heterocycles. The van der Waals surface area contributed by atoms with E-state index in [2.05, 4.69) is 33.1 Å². The number of rotatable bonds is 12. The second kappa shape index (κ2) is 12.3. The lowest BCUT2D eigenvalue weighted by molar-refractivity contribution is -0.142. The number of ether oxygens (including phenoxy) is 2. The van der Waals surface area contributed by atoms with Crippen molar-refractivity contribution in [2.24, 2.45) is 0 Å². The van der Waals surface area contributed by atoms with Crippen molar-refractivity contribution >= 4 is 40.1 Å². The van der Waals surface area contributed by atoms with Gasteiger partial charge in [0.1, 0.15) is 12.4 Å². The predicted octanol–water partition coefficient (Wildman–Crippen LogP) is 3.95. The molecule has 0 unspecified atom stereocenters. The summed E-state index contributed by atoms with van der Waals surface area (Å²) in [5, 5.41) is 14.0. The second-order valence-electron chi connectivity index (χ2n) is 7.32. The number of thiazole rings is 1. The number of thioether (sulfide) groups is 1. The Morgan fingerprint density at radius 3 is 2.85 bits per heavy atom. The average molecular weight is 502 g/mol. The Hall–Kier alpha value is -3.18. The number of aryl methyl sites for hydroxylation is 2. The Kier molecular flexibility index (Phi) is 9.23. The lowest BCUT2D eigenvalue weighted by atomic mass is 10.1. The molecule has 0 atom stereocenters. The predicted molar refractivity (Wildman–Crippen MR) is 132 cm³/mol. The third-order valence-electron chi connectivity index (χ3n) is 4.55. The molecular weight excluding hydrogens is 474 g/mol. The van der Waals surface area contributed by atoms with Gasteiger partial charge in [-0.2, -0.15) is 0 Å². The molecule has 1 amide bonds. The van der Waals surface area contributed by atoms with E-state index in [1.807, 2.05) is 30.5 Å². The zero-order valence-electron chi connectivity index (χ0n) is 19.4. The molecule has 180 valence electrons. The maximum atomic E-state index is 12.4. The number of benzene rings is 1. The van der Waals surface area contributed by atoms with Crippen LogP contribution >= 0.6 is 23.1 Å². The lowest BCUT2D eigenvalue weighted by Gasteiger charge is -2.11. The SMILES string of the molecule is C=CCn1c(COc2ccc(C)cc2C)nnc1SCC(=O)Nc1nc(CC(=O)OCC)cs1. The summed E-state index contributed by atoms with van der Waals surface area (Å²) in [6.07, 6.45) is 1.82. The van der Waals surface area contributed by atoms with Crippen molar-refractivity contribution in [1.82, 2.24) is 19.7 Å². The number of hydrogen-bond donors (Lipinski definition) is 1. The molecule has 9 nitrogen and oxygen atoms in total. The Morgan fingerprint density at radius 1 is 1.29 bits per heavy atom. The minimum absolute atomic E-state index is 0.0760. The summed E-state index contributed by atoms with van der Waals surface area (Å²) in [7, 11) is 0. The number of nitrogens with one attached hydrogen (secondary N) is 1. The first-order chi connectivity index (χ1) is 16.4. The normalized spacial score (nSPS) is 10.7. The maximum Gasteiger partial charge on any atom is 0.311 e. The van der Waals surface area contributed by atoms with E-state index < -0.39 is 0 Å². The summed E-state index contributed by atoms with van der Waals surface area (Å²) in [5.41, 5.74) is 2.78. The van der Waals surface area contributed by atoms with Gasteiger partial charge in [0.2, 0.25) is 5.91 Å². The number of carbonyl (C=O) groups excluding carboxylic acids is 2. The van der Waals surface area contributed by atoms with Gasteiger partial charge in [-0.1, -0.05) is 35.5 Å². The summed E-state index contributed by atoms with van der Waals surface area (Å²) in [5.74, 6) is 0.979. The monoisotopic (exact) mass is 501 g/mol. The van der Waals surface area contributed by atoms with Crippen molar-refractivity contribution in [2.75, 3.05) is 17.7 Å². The molecule has 0 spiro atoms. The Bertz CT molecular complexity index is 1160. The van der Waals surface area contributed by atoms with Gasteiger partial charge in [0.15, 0.2) is 16.1 Å². The molecule has 0 aliphatic heterocycles. The molecular formula is C23H27N5O4S2. The van der Waals surface area contributed by atoms with Crippen LogP contribution in [-0.4, -0.2) is 44.0 Å². The molecule has 1 N–H and O–H groups in total.